The molecule has 1 aromatic heterocycles. The van der Waals surface area contributed by atoms with Gasteiger partial charge in [-0.1, -0.05) is 17.2 Å². The highest BCUT2D eigenvalue weighted by Gasteiger charge is 2.31. The van der Waals surface area contributed by atoms with E-state index >= 15 is 0 Å². The zero-order chi connectivity index (χ0) is 19.7. The van der Waals surface area contributed by atoms with Crippen molar-refractivity contribution in [2.24, 2.45) is 5.11 Å². The number of aromatic amines is 1. The number of carbonyl (C=O) groups excluding carboxylic acids is 1. The van der Waals surface area contributed by atoms with Crippen LogP contribution in [0.3, 0.4) is 0 Å². The summed E-state index contributed by atoms with van der Waals surface area (Å²) < 4.78 is 41.0. The number of azide groups is 1. The molecule has 0 spiro atoms. The van der Waals surface area contributed by atoms with Crippen molar-refractivity contribution in [3.05, 3.63) is 52.2 Å². The number of aromatic nitrogens is 3. The SMILES string of the molecule is [N-]=[N+]=NCCCCN(Cc1cccc(OC(F)(F)F)c1)C(=O)c1cn[nH]n1. The lowest BCUT2D eigenvalue weighted by Crippen LogP contribution is -2.32. The van der Waals surface area contributed by atoms with Gasteiger partial charge in [0.15, 0.2) is 5.69 Å². The lowest BCUT2D eigenvalue weighted by molar-refractivity contribution is -0.274. The Bertz CT molecular complexity index is 789. The van der Waals surface area contributed by atoms with Gasteiger partial charge in [0.2, 0.25) is 0 Å². The first kappa shape index (κ1) is 20.0. The molecule has 0 aliphatic carbocycles. The molecule has 1 heterocycles. The number of amides is 1. The topological polar surface area (TPSA) is 120 Å². The molecule has 0 saturated carbocycles. The van der Waals surface area contributed by atoms with E-state index in [1.54, 1.807) is 6.07 Å². The Hall–Kier alpha value is -3.27. The Morgan fingerprint density at radius 1 is 1.37 bits per heavy atom. The summed E-state index contributed by atoms with van der Waals surface area (Å²) in [6, 6.07) is 5.40. The fourth-order valence-corrected chi connectivity index (χ4v) is 2.31. The Labute approximate surface area is 151 Å². The number of unbranched alkanes of at least 4 members (excludes halogenated alkanes) is 1. The summed E-state index contributed by atoms with van der Waals surface area (Å²) >= 11 is 0. The molecule has 0 aliphatic rings. The van der Waals surface area contributed by atoms with Crippen LogP contribution in [0.1, 0.15) is 28.9 Å². The first-order valence-electron chi connectivity index (χ1n) is 7.89. The van der Waals surface area contributed by atoms with Crippen molar-refractivity contribution in [1.82, 2.24) is 20.3 Å². The highest BCUT2D eigenvalue weighted by Crippen LogP contribution is 2.24. The number of H-pyrrole nitrogens is 1. The second kappa shape index (κ2) is 9.43. The number of hydrogen-bond acceptors (Lipinski definition) is 5. The number of rotatable bonds is 9. The van der Waals surface area contributed by atoms with Gasteiger partial charge in [-0.25, -0.2) is 0 Å². The number of nitrogens with zero attached hydrogens (tertiary/aromatic N) is 6. The fraction of sp³-hybridized carbons (Fsp3) is 0.400. The molecule has 1 aromatic carbocycles. The number of hydrogen-bond donors (Lipinski definition) is 1. The van der Waals surface area contributed by atoms with Crippen LogP contribution in [0.15, 0.2) is 35.6 Å². The number of carbonyl (C=O) groups is 1. The van der Waals surface area contributed by atoms with E-state index in [1.165, 1.54) is 29.3 Å². The maximum atomic E-state index is 12.6. The third-order valence-electron chi connectivity index (χ3n) is 3.43. The monoisotopic (exact) mass is 383 g/mol. The molecule has 1 N–H and O–H groups in total. The van der Waals surface area contributed by atoms with Crippen LogP contribution in [0.25, 0.3) is 10.4 Å². The summed E-state index contributed by atoms with van der Waals surface area (Å²) in [5.74, 6) is -0.785. The van der Waals surface area contributed by atoms with Crippen LogP contribution in [-0.2, 0) is 6.54 Å². The normalized spacial score (nSPS) is 10.9. The Balaban J connectivity index is 2.09. The number of benzene rings is 1. The molecule has 0 fully saturated rings. The van der Waals surface area contributed by atoms with Crippen LogP contribution in [0.5, 0.6) is 5.75 Å². The Kier molecular flexibility index (Phi) is 7.00. The summed E-state index contributed by atoms with van der Waals surface area (Å²) in [7, 11) is 0. The van der Waals surface area contributed by atoms with Gasteiger partial charge in [-0.15, -0.1) is 13.2 Å². The predicted octanol–water partition coefficient (Wildman–Crippen LogP) is 3.44. The fourth-order valence-electron chi connectivity index (χ4n) is 2.31. The van der Waals surface area contributed by atoms with Gasteiger partial charge in [0.25, 0.3) is 5.91 Å². The average molecular weight is 383 g/mol. The molecule has 0 unspecified atom stereocenters. The molecule has 2 rings (SSSR count). The number of halogens is 3. The minimum atomic E-state index is -4.80. The molecule has 0 aliphatic heterocycles. The molecule has 27 heavy (non-hydrogen) atoms. The van der Waals surface area contributed by atoms with E-state index in [0.717, 1.165) is 0 Å². The highest BCUT2D eigenvalue weighted by molar-refractivity contribution is 5.91. The molecule has 0 saturated heterocycles. The zero-order valence-corrected chi connectivity index (χ0v) is 14.1. The quantitative estimate of drug-likeness (QED) is 0.309. The molecule has 0 atom stereocenters. The average Bonchev–Trinajstić information content (AvgIpc) is 3.13. The second-order valence-electron chi connectivity index (χ2n) is 5.44. The molecule has 0 radical (unpaired) electrons. The minimum Gasteiger partial charge on any atom is -0.406 e. The number of nitrogens with one attached hydrogen (secondary N) is 1. The van der Waals surface area contributed by atoms with Gasteiger partial charge in [-0.2, -0.15) is 15.4 Å². The van der Waals surface area contributed by atoms with Crippen molar-refractivity contribution in [3.8, 4) is 5.75 Å². The van der Waals surface area contributed by atoms with E-state index in [9.17, 15) is 18.0 Å². The molecule has 12 heteroatoms. The van der Waals surface area contributed by atoms with Gasteiger partial charge in [0.1, 0.15) is 5.75 Å². The van der Waals surface area contributed by atoms with Crippen LogP contribution in [0, 0.1) is 0 Å². The van der Waals surface area contributed by atoms with Crippen molar-refractivity contribution in [3.63, 3.8) is 0 Å². The largest absolute Gasteiger partial charge is 0.573 e. The molecule has 1 amide bonds. The lowest BCUT2D eigenvalue weighted by Gasteiger charge is -2.22. The van der Waals surface area contributed by atoms with Gasteiger partial charge >= 0.3 is 6.36 Å². The predicted molar refractivity (Wildman–Crippen MR) is 87.5 cm³/mol. The van der Waals surface area contributed by atoms with E-state index in [4.69, 9.17) is 5.53 Å². The zero-order valence-electron chi connectivity index (χ0n) is 14.1. The molecular formula is C15H16F3N7O2. The van der Waals surface area contributed by atoms with Crippen LogP contribution in [-0.4, -0.2) is 45.7 Å². The third kappa shape index (κ3) is 6.86. The van der Waals surface area contributed by atoms with Crippen molar-refractivity contribution >= 4 is 5.91 Å². The van der Waals surface area contributed by atoms with Crippen molar-refractivity contribution in [1.29, 1.82) is 0 Å². The lowest BCUT2D eigenvalue weighted by atomic mass is 10.2. The van der Waals surface area contributed by atoms with E-state index in [1.807, 2.05) is 0 Å². The van der Waals surface area contributed by atoms with Crippen molar-refractivity contribution in [2.45, 2.75) is 25.7 Å². The van der Waals surface area contributed by atoms with Crippen molar-refractivity contribution < 1.29 is 22.7 Å². The summed E-state index contributed by atoms with van der Waals surface area (Å²) in [4.78, 5) is 16.6. The molecular weight excluding hydrogens is 367 g/mol. The highest BCUT2D eigenvalue weighted by atomic mass is 19.4. The maximum Gasteiger partial charge on any atom is 0.573 e. The van der Waals surface area contributed by atoms with E-state index in [0.29, 0.717) is 24.9 Å². The summed E-state index contributed by atoms with van der Waals surface area (Å²) in [6.07, 6.45) is -2.43. The first-order chi connectivity index (χ1) is 12.9. The molecule has 9 nitrogen and oxygen atoms in total. The standard InChI is InChI=1S/C15H16F3N7O2/c16-15(17,18)27-12-5-3-4-11(8-12)10-25(7-2-1-6-20-23-19)14(26)13-9-21-24-22-13/h3-5,8-9H,1-2,6-7,10H2,(H,21,22,24). The number of alkyl halides is 3. The third-order valence-corrected chi connectivity index (χ3v) is 3.43. The maximum absolute atomic E-state index is 12.6. The van der Waals surface area contributed by atoms with Gasteiger partial charge < -0.3 is 9.64 Å². The summed E-state index contributed by atoms with van der Waals surface area (Å²) in [5, 5.41) is 13.1. The molecule has 0 bridgehead atoms. The number of ether oxygens (including phenoxy) is 1. The van der Waals surface area contributed by atoms with Gasteiger partial charge in [0, 0.05) is 24.5 Å². The van der Waals surface area contributed by atoms with E-state index in [-0.39, 0.29) is 24.5 Å². The van der Waals surface area contributed by atoms with Crippen LogP contribution in [0.2, 0.25) is 0 Å². The Morgan fingerprint density at radius 2 is 2.19 bits per heavy atom. The molecule has 2 aromatic rings. The second-order valence-corrected chi connectivity index (χ2v) is 5.44. The Morgan fingerprint density at radius 3 is 2.85 bits per heavy atom. The van der Waals surface area contributed by atoms with E-state index in [2.05, 4.69) is 30.2 Å². The van der Waals surface area contributed by atoms with Gasteiger partial charge in [-0.3, -0.25) is 4.79 Å². The van der Waals surface area contributed by atoms with Gasteiger partial charge in [-0.05, 0) is 36.1 Å². The molecule has 144 valence electrons. The summed E-state index contributed by atoms with van der Waals surface area (Å²) in [6.45, 7) is 0.649. The summed E-state index contributed by atoms with van der Waals surface area (Å²) in [5.41, 5.74) is 8.82. The smallest absolute Gasteiger partial charge is 0.406 e. The van der Waals surface area contributed by atoms with Crippen molar-refractivity contribution in [2.75, 3.05) is 13.1 Å². The minimum absolute atomic E-state index is 0.0578. The van der Waals surface area contributed by atoms with E-state index < -0.39 is 12.3 Å². The van der Waals surface area contributed by atoms with Gasteiger partial charge in [0.05, 0.1) is 6.20 Å². The first-order valence-corrected chi connectivity index (χ1v) is 7.89. The van der Waals surface area contributed by atoms with Crippen LogP contribution in [0.4, 0.5) is 13.2 Å². The van der Waals surface area contributed by atoms with Crippen LogP contribution >= 0.6 is 0 Å². The van der Waals surface area contributed by atoms with Crippen LogP contribution < -0.4 is 4.74 Å².